The predicted molar refractivity (Wildman–Crippen MR) is 129 cm³/mol. The van der Waals surface area contributed by atoms with Crippen LogP contribution in [-0.4, -0.2) is 46.8 Å². The number of hydrogen-bond donors (Lipinski definition) is 0. The number of esters is 1. The lowest BCUT2D eigenvalue weighted by molar-refractivity contribution is 0.0524. The Labute approximate surface area is 199 Å². The number of rotatable bonds is 8. The third-order valence-electron chi connectivity index (χ3n) is 5.88. The Balaban J connectivity index is 1.71. The highest BCUT2D eigenvalue weighted by molar-refractivity contribution is 5.96. The van der Waals surface area contributed by atoms with Crippen LogP contribution >= 0.6 is 0 Å². The molecule has 4 rings (SSSR count). The third kappa shape index (κ3) is 4.74. The van der Waals surface area contributed by atoms with E-state index in [1.54, 1.807) is 47.9 Å². The van der Waals surface area contributed by atoms with Gasteiger partial charge >= 0.3 is 5.97 Å². The van der Waals surface area contributed by atoms with E-state index >= 15 is 4.39 Å². The number of halogens is 1. The van der Waals surface area contributed by atoms with Crippen LogP contribution < -0.4 is 0 Å². The Morgan fingerprint density at radius 2 is 1.91 bits per heavy atom. The van der Waals surface area contributed by atoms with Crippen LogP contribution in [0.4, 0.5) is 4.39 Å². The highest BCUT2D eigenvalue weighted by Crippen LogP contribution is 2.43. The van der Waals surface area contributed by atoms with Gasteiger partial charge in [0.15, 0.2) is 0 Å². The van der Waals surface area contributed by atoms with Gasteiger partial charge in [0.25, 0.3) is 5.91 Å². The molecule has 0 radical (unpaired) electrons. The maximum atomic E-state index is 15.5. The summed E-state index contributed by atoms with van der Waals surface area (Å²) in [5.41, 5.74) is 3.05. The minimum absolute atomic E-state index is 0.0495. The fourth-order valence-corrected chi connectivity index (χ4v) is 4.24. The van der Waals surface area contributed by atoms with Gasteiger partial charge in [0, 0.05) is 25.1 Å². The average molecular weight is 464 g/mol. The second-order valence-electron chi connectivity index (χ2n) is 9.15. The van der Waals surface area contributed by atoms with Crippen LogP contribution in [0, 0.1) is 11.7 Å². The number of carbonyl (C=O) groups is 2. The number of hydrogen-bond acceptors (Lipinski definition) is 4. The summed E-state index contributed by atoms with van der Waals surface area (Å²) < 4.78 is 22.5. The number of ether oxygens (including phenoxy) is 1. The summed E-state index contributed by atoms with van der Waals surface area (Å²) in [6.45, 7) is 6.64. The molecule has 6 nitrogen and oxygen atoms in total. The summed E-state index contributed by atoms with van der Waals surface area (Å²) in [5, 5.41) is 4.47. The molecule has 0 saturated heterocycles. The smallest absolute Gasteiger partial charge is 0.341 e. The molecule has 34 heavy (non-hydrogen) atoms. The van der Waals surface area contributed by atoms with Gasteiger partial charge in [-0.3, -0.25) is 4.79 Å². The first-order valence-corrected chi connectivity index (χ1v) is 11.7. The van der Waals surface area contributed by atoms with Crippen molar-refractivity contribution in [1.29, 1.82) is 0 Å². The molecule has 0 spiro atoms. The lowest BCUT2D eigenvalue weighted by Gasteiger charge is -2.20. The van der Waals surface area contributed by atoms with E-state index in [1.165, 1.54) is 6.07 Å². The first-order valence-electron chi connectivity index (χ1n) is 11.7. The van der Waals surface area contributed by atoms with E-state index in [4.69, 9.17) is 4.74 Å². The zero-order chi connectivity index (χ0) is 24.4. The van der Waals surface area contributed by atoms with Gasteiger partial charge in [-0.15, -0.1) is 0 Å². The lowest BCUT2D eigenvalue weighted by atomic mass is 10.0. The van der Waals surface area contributed by atoms with Crippen molar-refractivity contribution in [2.75, 3.05) is 20.2 Å². The molecule has 0 N–H and O–H groups in total. The molecule has 1 aromatic heterocycles. The van der Waals surface area contributed by atoms with Gasteiger partial charge in [0.05, 0.1) is 29.7 Å². The Morgan fingerprint density at radius 3 is 2.59 bits per heavy atom. The minimum atomic E-state index is -0.546. The molecule has 1 heterocycles. The van der Waals surface area contributed by atoms with Gasteiger partial charge in [0.1, 0.15) is 11.4 Å². The van der Waals surface area contributed by atoms with Gasteiger partial charge < -0.3 is 9.64 Å². The molecular weight excluding hydrogens is 433 g/mol. The summed E-state index contributed by atoms with van der Waals surface area (Å²) >= 11 is 0. The van der Waals surface area contributed by atoms with Crippen molar-refractivity contribution in [2.24, 2.45) is 5.92 Å². The monoisotopic (exact) mass is 463 g/mol. The topological polar surface area (TPSA) is 64.4 Å². The van der Waals surface area contributed by atoms with E-state index in [0.717, 1.165) is 24.2 Å². The van der Waals surface area contributed by atoms with Gasteiger partial charge in [0.2, 0.25) is 0 Å². The van der Waals surface area contributed by atoms with E-state index in [0.29, 0.717) is 29.8 Å². The largest absolute Gasteiger partial charge is 0.462 e. The minimum Gasteiger partial charge on any atom is -0.462 e. The van der Waals surface area contributed by atoms with Crippen molar-refractivity contribution in [2.45, 2.75) is 39.5 Å². The molecule has 0 unspecified atom stereocenters. The molecule has 0 atom stereocenters. The quantitative estimate of drug-likeness (QED) is 0.416. The van der Waals surface area contributed by atoms with E-state index in [2.05, 4.69) is 5.10 Å². The Kier molecular flexibility index (Phi) is 6.82. The van der Waals surface area contributed by atoms with Gasteiger partial charge in [-0.2, -0.15) is 5.10 Å². The fourth-order valence-electron chi connectivity index (χ4n) is 4.24. The molecule has 1 aliphatic rings. The number of benzene rings is 2. The van der Waals surface area contributed by atoms with Crippen LogP contribution in [0.25, 0.3) is 16.8 Å². The van der Waals surface area contributed by atoms with E-state index in [1.807, 2.05) is 32.0 Å². The number of carbonyl (C=O) groups excluding carboxylic acids is 2. The summed E-state index contributed by atoms with van der Waals surface area (Å²) in [5.74, 6) is -0.734. The van der Waals surface area contributed by atoms with Crippen LogP contribution in [0.1, 0.15) is 65.9 Å². The summed E-state index contributed by atoms with van der Waals surface area (Å²) in [6.07, 6.45) is 3.52. The second kappa shape index (κ2) is 9.79. The molecular formula is C27H30FN3O3. The van der Waals surface area contributed by atoms with Gasteiger partial charge in [-0.05, 0) is 49.4 Å². The van der Waals surface area contributed by atoms with Crippen LogP contribution in [0.5, 0.6) is 0 Å². The van der Waals surface area contributed by atoms with Crippen LogP contribution in [0.3, 0.4) is 0 Å². The van der Waals surface area contributed by atoms with Crippen molar-refractivity contribution >= 4 is 11.9 Å². The van der Waals surface area contributed by atoms with E-state index in [9.17, 15) is 9.59 Å². The average Bonchev–Trinajstić information content (AvgIpc) is 3.56. The zero-order valence-electron chi connectivity index (χ0n) is 20.0. The Morgan fingerprint density at radius 1 is 1.18 bits per heavy atom. The first kappa shape index (κ1) is 23.7. The number of aromatic nitrogens is 2. The molecule has 0 bridgehead atoms. The van der Waals surface area contributed by atoms with Crippen LogP contribution in [0.15, 0.2) is 48.7 Å². The highest BCUT2D eigenvalue weighted by Gasteiger charge is 2.33. The molecule has 1 fully saturated rings. The predicted octanol–water partition coefficient (Wildman–Crippen LogP) is 5.46. The van der Waals surface area contributed by atoms with Crippen LogP contribution in [0.2, 0.25) is 0 Å². The SMILES string of the molecule is CCOC(=O)c1cnn(-c2cccc(-c3cccc(C(=O)N(C)CC(C)C)c3F)c2)c1C1CC1. The van der Waals surface area contributed by atoms with Crippen molar-refractivity contribution in [3.8, 4) is 16.8 Å². The molecule has 1 aliphatic carbocycles. The fraction of sp³-hybridized carbons (Fsp3) is 0.370. The summed E-state index contributed by atoms with van der Waals surface area (Å²) in [7, 11) is 1.69. The summed E-state index contributed by atoms with van der Waals surface area (Å²) in [4.78, 5) is 26.8. The van der Waals surface area contributed by atoms with E-state index in [-0.39, 0.29) is 29.3 Å². The maximum absolute atomic E-state index is 15.5. The standard InChI is InChI=1S/C27H30FN3O3/c1-5-34-27(33)23-15-29-31(25(23)18-12-13-18)20-9-6-8-19(14-20)21-10-7-11-22(24(21)28)26(32)30(4)16-17(2)3/h6-11,14-15,17-18H,5,12-13,16H2,1-4H3. The highest BCUT2D eigenvalue weighted by atomic mass is 19.1. The second-order valence-corrected chi connectivity index (χ2v) is 9.15. The Hall–Kier alpha value is -3.48. The third-order valence-corrected chi connectivity index (χ3v) is 5.88. The molecule has 0 aliphatic heterocycles. The van der Waals surface area contributed by atoms with Crippen molar-refractivity contribution < 1.29 is 18.7 Å². The van der Waals surface area contributed by atoms with Crippen molar-refractivity contribution in [3.63, 3.8) is 0 Å². The molecule has 2 aromatic carbocycles. The first-order chi connectivity index (χ1) is 16.3. The molecule has 1 amide bonds. The molecule has 1 saturated carbocycles. The number of amides is 1. The number of nitrogens with zero attached hydrogens (tertiary/aromatic N) is 3. The molecule has 7 heteroatoms. The zero-order valence-corrected chi connectivity index (χ0v) is 20.0. The van der Waals surface area contributed by atoms with Crippen molar-refractivity contribution in [1.82, 2.24) is 14.7 Å². The molecule has 178 valence electrons. The summed E-state index contributed by atoms with van der Waals surface area (Å²) in [6, 6.07) is 12.2. The van der Waals surface area contributed by atoms with Crippen LogP contribution in [-0.2, 0) is 4.74 Å². The lowest BCUT2D eigenvalue weighted by Crippen LogP contribution is -2.31. The Bertz CT molecular complexity index is 1210. The van der Waals surface area contributed by atoms with E-state index < -0.39 is 5.82 Å². The van der Waals surface area contributed by atoms with Gasteiger partial charge in [-0.1, -0.05) is 38.1 Å². The maximum Gasteiger partial charge on any atom is 0.341 e. The molecule has 3 aromatic rings. The van der Waals surface area contributed by atoms with Gasteiger partial charge in [-0.25, -0.2) is 13.9 Å². The van der Waals surface area contributed by atoms with Crippen molar-refractivity contribution in [3.05, 3.63) is 71.3 Å². The normalized spacial score (nSPS) is 13.2.